The van der Waals surface area contributed by atoms with Crippen molar-refractivity contribution in [3.8, 4) is 0 Å². The Morgan fingerprint density at radius 3 is 2.75 bits per heavy atom. The Balaban J connectivity index is 0.00000280. The first kappa shape index (κ1) is 22.7. The molecule has 0 fully saturated rings. The number of fused-ring (bicyclic) bond motifs is 1. The third kappa shape index (κ3) is 5.05. The van der Waals surface area contributed by atoms with E-state index in [0.717, 1.165) is 54.7 Å². The van der Waals surface area contributed by atoms with Crippen LogP contribution < -0.4 is 10.6 Å². The number of nitrogens with zero attached hydrogens (tertiary/aromatic N) is 4. The molecule has 2 aromatic heterocycles. The number of aromatic nitrogens is 3. The molecule has 0 aliphatic carbocycles. The molecule has 0 aromatic carbocycles. The lowest BCUT2D eigenvalue weighted by atomic mass is 9.96. The van der Waals surface area contributed by atoms with E-state index < -0.39 is 5.60 Å². The molecule has 28 heavy (non-hydrogen) atoms. The average molecular weight is 502 g/mol. The predicted molar refractivity (Wildman–Crippen MR) is 119 cm³/mol. The lowest BCUT2D eigenvalue weighted by Crippen LogP contribution is -2.46. The smallest absolute Gasteiger partial charge is 0.191 e. The van der Waals surface area contributed by atoms with Gasteiger partial charge in [-0.15, -0.1) is 34.2 Å². The normalized spacial score (nSPS) is 18.8. The van der Waals surface area contributed by atoms with Gasteiger partial charge in [0.1, 0.15) is 28.8 Å². The minimum Gasteiger partial charge on any atom is -0.466 e. The Kier molecular flexibility index (Phi) is 7.49. The second-order valence-corrected chi connectivity index (χ2v) is 7.59. The zero-order valence-electron chi connectivity index (χ0n) is 17.2. The van der Waals surface area contributed by atoms with Gasteiger partial charge in [0, 0.05) is 32.1 Å². The van der Waals surface area contributed by atoms with E-state index in [2.05, 4.69) is 30.4 Å². The zero-order chi connectivity index (χ0) is 19.6. The summed E-state index contributed by atoms with van der Waals surface area (Å²) in [5.74, 6) is 4.76. The van der Waals surface area contributed by atoms with E-state index in [4.69, 9.17) is 4.42 Å². The highest BCUT2D eigenvalue weighted by molar-refractivity contribution is 14.0. The minimum atomic E-state index is -1.04. The molecule has 0 saturated carbocycles. The van der Waals surface area contributed by atoms with Crippen molar-refractivity contribution < 1.29 is 9.52 Å². The number of hydrogen-bond donors (Lipinski definition) is 3. The Hall–Kier alpha value is -1.62. The first-order valence-corrected chi connectivity index (χ1v) is 9.43. The fraction of sp³-hybridized carbons (Fsp3) is 0.632. The highest BCUT2D eigenvalue weighted by Crippen LogP contribution is 2.26. The van der Waals surface area contributed by atoms with E-state index in [0.29, 0.717) is 18.4 Å². The van der Waals surface area contributed by atoms with Crippen molar-refractivity contribution in [2.75, 3.05) is 20.1 Å². The highest BCUT2D eigenvalue weighted by atomic mass is 127. The summed E-state index contributed by atoms with van der Waals surface area (Å²) >= 11 is 0. The quantitative estimate of drug-likeness (QED) is 0.329. The van der Waals surface area contributed by atoms with Crippen molar-refractivity contribution in [3.05, 3.63) is 34.8 Å². The molecule has 3 heterocycles. The maximum atomic E-state index is 10.8. The zero-order valence-corrected chi connectivity index (χ0v) is 19.6. The molecular weight excluding hydrogens is 471 g/mol. The monoisotopic (exact) mass is 502 g/mol. The van der Waals surface area contributed by atoms with Gasteiger partial charge in [-0.05, 0) is 46.1 Å². The summed E-state index contributed by atoms with van der Waals surface area (Å²) in [7, 11) is 1.74. The van der Waals surface area contributed by atoms with Crippen LogP contribution in [0.1, 0.15) is 42.1 Å². The first-order chi connectivity index (χ1) is 12.8. The van der Waals surface area contributed by atoms with Crippen LogP contribution in [0.4, 0.5) is 0 Å². The summed E-state index contributed by atoms with van der Waals surface area (Å²) in [6.45, 7) is 9.59. The Bertz CT molecular complexity index is 827. The largest absolute Gasteiger partial charge is 0.466 e. The van der Waals surface area contributed by atoms with Crippen LogP contribution in [0.5, 0.6) is 0 Å². The summed E-state index contributed by atoms with van der Waals surface area (Å²) in [4.78, 5) is 4.28. The number of furan rings is 1. The SMILES string of the molecule is CN=C(NCC1CCc2nnc(C)n2C1)NCC(C)(O)c1cc(C)oc1C.I. The summed E-state index contributed by atoms with van der Waals surface area (Å²) in [5, 5.41) is 25.8. The number of aryl methyl sites for hydroxylation is 4. The van der Waals surface area contributed by atoms with Gasteiger partial charge in [0.2, 0.25) is 0 Å². The van der Waals surface area contributed by atoms with E-state index >= 15 is 0 Å². The van der Waals surface area contributed by atoms with Crippen molar-refractivity contribution in [3.63, 3.8) is 0 Å². The third-order valence-corrected chi connectivity index (χ3v) is 5.23. The molecule has 9 heteroatoms. The van der Waals surface area contributed by atoms with Gasteiger partial charge in [-0.1, -0.05) is 0 Å². The first-order valence-electron chi connectivity index (χ1n) is 9.43. The van der Waals surface area contributed by atoms with Gasteiger partial charge in [0.15, 0.2) is 5.96 Å². The van der Waals surface area contributed by atoms with E-state index in [1.165, 1.54) is 0 Å². The molecule has 8 nitrogen and oxygen atoms in total. The standard InChI is InChI=1S/C19H30N6O2.HI/c1-12-8-16(13(2)27-12)19(4,26)11-22-18(20-5)21-9-15-6-7-17-24-23-14(3)25(17)10-15;/h8,15,26H,6-7,9-11H2,1-5H3,(H2,20,21,22);1H. The molecule has 0 radical (unpaired) electrons. The molecule has 2 atom stereocenters. The number of rotatable bonds is 5. The molecule has 3 rings (SSSR count). The summed E-state index contributed by atoms with van der Waals surface area (Å²) < 4.78 is 7.74. The molecule has 1 aliphatic heterocycles. The summed E-state index contributed by atoms with van der Waals surface area (Å²) in [6.07, 6.45) is 2.03. The van der Waals surface area contributed by atoms with E-state index in [1.54, 1.807) is 14.0 Å². The Labute approximate surface area is 183 Å². The van der Waals surface area contributed by atoms with Gasteiger partial charge >= 0.3 is 0 Å². The number of hydrogen-bond acceptors (Lipinski definition) is 5. The third-order valence-electron chi connectivity index (χ3n) is 5.23. The number of halogens is 1. The number of guanidine groups is 1. The number of aliphatic imine (C=N–C) groups is 1. The molecule has 3 N–H and O–H groups in total. The Morgan fingerprint density at radius 1 is 1.36 bits per heavy atom. The molecular formula is C19H31IN6O2. The molecule has 0 spiro atoms. The van der Waals surface area contributed by atoms with Crippen molar-refractivity contribution in [1.29, 1.82) is 0 Å². The molecule has 2 aromatic rings. The van der Waals surface area contributed by atoms with Crippen LogP contribution in [0.2, 0.25) is 0 Å². The lowest BCUT2D eigenvalue weighted by molar-refractivity contribution is 0.0601. The van der Waals surface area contributed by atoms with Crippen molar-refractivity contribution in [2.24, 2.45) is 10.9 Å². The van der Waals surface area contributed by atoms with Crippen LogP contribution in [0.3, 0.4) is 0 Å². The van der Waals surface area contributed by atoms with Crippen molar-refractivity contribution >= 4 is 29.9 Å². The van der Waals surface area contributed by atoms with E-state index in [1.807, 2.05) is 26.8 Å². The van der Waals surface area contributed by atoms with Crippen molar-refractivity contribution in [2.45, 2.75) is 52.7 Å². The topological polar surface area (TPSA) is 100 Å². The lowest BCUT2D eigenvalue weighted by Gasteiger charge is -2.27. The van der Waals surface area contributed by atoms with Gasteiger partial charge in [0.05, 0.1) is 6.54 Å². The highest BCUT2D eigenvalue weighted by Gasteiger charge is 2.28. The molecule has 0 bridgehead atoms. The molecule has 0 saturated heterocycles. The van der Waals surface area contributed by atoms with Crippen LogP contribution >= 0.6 is 24.0 Å². The predicted octanol–water partition coefficient (Wildman–Crippen LogP) is 2.05. The van der Waals surface area contributed by atoms with Gasteiger partial charge in [0.25, 0.3) is 0 Å². The van der Waals surface area contributed by atoms with Crippen molar-refractivity contribution in [1.82, 2.24) is 25.4 Å². The maximum Gasteiger partial charge on any atom is 0.191 e. The second kappa shape index (κ2) is 9.25. The summed E-state index contributed by atoms with van der Waals surface area (Å²) in [5.41, 5.74) is -0.246. The fourth-order valence-corrected chi connectivity index (χ4v) is 3.67. The van der Waals surface area contributed by atoms with Crippen LogP contribution in [0, 0.1) is 26.7 Å². The molecule has 1 aliphatic rings. The van der Waals surface area contributed by atoms with Crippen LogP contribution in [0.25, 0.3) is 0 Å². The Morgan fingerprint density at radius 2 is 2.11 bits per heavy atom. The number of nitrogens with one attached hydrogen (secondary N) is 2. The number of aliphatic hydroxyl groups is 1. The second-order valence-electron chi connectivity index (χ2n) is 7.59. The molecule has 2 unspecified atom stereocenters. The van der Waals surface area contributed by atoms with Crippen LogP contribution in [-0.2, 0) is 18.6 Å². The average Bonchev–Trinajstić information content (AvgIpc) is 3.17. The summed E-state index contributed by atoms with van der Waals surface area (Å²) in [6, 6.07) is 1.88. The fourth-order valence-electron chi connectivity index (χ4n) is 3.67. The minimum absolute atomic E-state index is 0. The van der Waals surface area contributed by atoms with Crippen LogP contribution in [0.15, 0.2) is 15.5 Å². The van der Waals surface area contributed by atoms with E-state index in [-0.39, 0.29) is 24.0 Å². The van der Waals surface area contributed by atoms with Crippen LogP contribution in [-0.4, -0.2) is 46.0 Å². The van der Waals surface area contributed by atoms with Gasteiger partial charge < -0.3 is 24.7 Å². The molecule has 156 valence electrons. The van der Waals surface area contributed by atoms with E-state index in [9.17, 15) is 5.11 Å². The van der Waals surface area contributed by atoms with Gasteiger partial charge in [-0.25, -0.2) is 0 Å². The van der Waals surface area contributed by atoms with Gasteiger partial charge in [-0.2, -0.15) is 0 Å². The van der Waals surface area contributed by atoms with Gasteiger partial charge in [-0.3, -0.25) is 4.99 Å². The maximum absolute atomic E-state index is 10.8. The molecule has 0 amide bonds.